The molecule has 136 valence electrons. The van der Waals surface area contributed by atoms with Crippen LogP contribution in [0.15, 0.2) is 33.5 Å². The summed E-state index contributed by atoms with van der Waals surface area (Å²) in [6.45, 7) is 1.96. The molecule has 0 aliphatic heterocycles. The SMILES string of the molecule is CCc1cc(=O)n2nc(NC(CC3CC3)c3cc(F)cc(Br)c3)sc2n1. The zero-order chi connectivity index (χ0) is 18.3. The summed E-state index contributed by atoms with van der Waals surface area (Å²) >= 11 is 4.71. The summed E-state index contributed by atoms with van der Waals surface area (Å²) in [6.07, 6.45) is 4.02. The van der Waals surface area contributed by atoms with E-state index in [1.54, 1.807) is 6.07 Å². The zero-order valence-corrected chi connectivity index (χ0v) is 16.6. The van der Waals surface area contributed by atoms with Gasteiger partial charge in [0.2, 0.25) is 10.1 Å². The number of aromatic nitrogens is 3. The van der Waals surface area contributed by atoms with Crippen molar-refractivity contribution in [3.05, 3.63) is 56.2 Å². The Balaban J connectivity index is 1.68. The van der Waals surface area contributed by atoms with Crippen LogP contribution in [0.4, 0.5) is 9.52 Å². The number of benzene rings is 1. The Morgan fingerprint density at radius 3 is 2.88 bits per heavy atom. The molecule has 1 fully saturated rings. The van der Waals surface area contributed by atoms with E-state index in [9.17, 15) is 9.18 Å². The number of rotatable bonds is 6. The summed E-state index contributed by atoms with van der Waals surface area (Å²) in [6, 6.07) is 6.39. The highest BCUT2D eigenvalue weighted by molar-refractivity contribution is 9.10. The van der Waals surface area contributed by atoms with Crippen LogP contribution in [0.2, 0.25) is 0 Å². The third kappa shape index (κ3) is 3.81. The molecule has 0 amide bonds. The summed E-state index contributed by atoms with van der Waals surface area (Å²) in [5.41, 5.74) is 1.45. The lowest BCUT2D eigenvalue weighted by molar-refractivity contribution is 0.602. The second-order valence-corrected chi connectivity index (χ2v) is 8.49. The average Bonchev–Trinajstić information content (AvgIpc) is 3.30. The van der Waals surface area contributed by atoms with Crippen molar-refractivity contribution in [1.29, 1.82) is 0 Å². The minimum Gasteiger partial charge on any atom is -0.353 e. The lowest BCUT2D eigenvalue weighted by atomic mass is 10.0. The molecule has 1 unspecified atom stereocenters. The van der Waals surface area contributed by atoms with E-state index in [0.717, 1.165) is 17.7 Å². The van der Waals surface area contributed by atoms with E-state index in [-0.39, 0.29) is 17.4 Å². The van der Waals surface area contributed by atoms with Gasteiger partial charge < -0.3 is 5.32 Å². The number of fused-ring (bicyclic) bond motifs is 1. The maximum Gasteiger partial charge on any atom is 0.275 e. The first-order chi connectivity index (χ1) is 12.5. The van der Waals surface area contributed by atoms with Gasteiger partial charge in [-0.25, -0.2) is 9.37 Å². The van der Waals surface area contributed by atoms with E-state index in [1.165, 1.54) is 40.8 Å². The number of hydrogen-bond donors (Lipinski definition) is 1. The summed E-state index contributed by atoms with van der Waals surface area (Å²) in [5.74, 6) is 0.378. The fourth-order valence-electron chi connectivity index (χ4n) is 2.99. The van der Waals surface area contributed by atoms with Crippen molar-refractivity contribution in [1.82, 2.24) is 14.6 Å². The molecule has 1 aromatic carbocycles. The molecule has 0 spiro atoms. The van der Waals surface area contributed by atoms with E-state index < -0.39 is 0 Å². The molecule has 1 saturated carbocycles. The molecule has 0 radical (unpaired) electrons. The van der Waals surface area contributed by atoms with Gasteiger partial charge in [-0.3, -0.25) is 4.79 Å². The molecule has 1 atom stereocenters. The van der Waals surface area contributed by atoms with Crippen molar-refractivity contribution in [2.75, 3.05) is 5.32 Å². The molecular weight excluding hydrogens is 419 g/mol. The van der Waals surface area contributed by atoms with Crippen molar-refractivity contribution < 1.29 is 4.39 Å². The molecule has 2 heterocycles. The standard InChI is InChI=1S/C18H18BrFN4OS/c1-2-14-9-16(25)24-18(21-14)26-17(23-24)22-15(5-10-3-4-10)11-6-12(19)8-13(20)7-11/h6-10,15H,2-5H2,1H3,(H,22,23). The molecule has 1 N–H and O–H groups in total. The molecule has 1 aliphatic rings. The third-order valence-corrected chi connectivity index (χ3v) is 5.81. The lowest BCUT2D eigenvalue weighted by Gasteiger charge is -2.18. The summed E-state index contributed by atoms with van der Waals surface area (Å²) in [5, 5.41) is 8.38. The van der Waals surface area contributed by atoms with Gasteiger partial charge in [0.25, 0.3) is 5.56 Å². The van der Waals surface area contributed by atoms with Crippen LogP contribution >= 0.6 is 27.3 Å². The van der Waals surface area contributed by atoms with Crippen LogP contribution < -0.4 is 10.9 Å². The van der Waals surface area contributed by atoms with Gasteiger partial charge in [-0.05, 0) is 42.5 Å². The first kappa shape index (κ1) is 17.6. The van der Waals surface area contributed by atoms with E-state index in [0.29, 0.717) is 26.9 Å². The molecular formula is C18H18BrFN4OS. The van der Waals surface area contributed by atoms with Crippen molar-refractivity contribution in [2.24, 2.45) is 5.92 Å². The van der Waals surface area contributed by atoms with Crippen LogP contribution in [-0.4, -0.2) is 14.6 Å². The topological polar surface area (TPSA) is 59.3 Å². The largest absolute Gasteiger partial charge is 0.353 e. The fourth-order valence-corrected chi connectivity index (χ4v) is 4.35. The van der Waals surface area contributed by atoms with Gasteiger partial charge in [-0.2, -0.15) is 4.52 Å². The average molecular weight is 437 g/mol. The van der Waals surface area contributed by atoms with Crippen molar-refractivity contribution in [3.63, 3.8) is 0 Å². The van der Waals surface area contributed by atoms with Gasteiger partial charge in [0.1, 0.15) is 5.82 Å². The number of nitrogens with zero attached hydrogens (tertiary/aromatic N) is 3. The smallest absolute Gasteiger partial charge is 0.275 e. The highest BCUT2D eigenvalue weighted by atomic mass is 79.9. The Hall–Kier alpha value is -1.80. The molecule has 1 aliphatic carbocycles. The fraction of sp³-hybridized carbons (Fsp3) is 0.389. The Morgan fingerprint density at radius 2 is 2.19 bits per heavy atom. The Labute approximate surface area is 162 Å². The van der Waals surface area contributed by atoms with Gasteiger partial charge in [-0.1, -0.05) is 47.0 Å². The van der Waals surface area contributed by atoms with E-state index in [1.807, 2.05) is 13.0 Å². The van der Waals surface area contributed by atoms with E-state index >= 15 is 0 Å². The van der Waals surface area contributed by atoms with Gasteiger partial charge >= 0.3 is 0 Å². The van der Waals surface area contributed by atoms with Crippen LogP contribution in [0.25, 0.3) is 4.96 Å². The first-order valence-electron chi connectivity index (χ1n) is 8.64. The summed E-state index contributed by atoms with van der Waals surface area (Å²) < 4.78 is 15.9. The van der Waals surface area contributed by atoms with Crippen molar-refractivity contribution in [3.8, 4) is 0 Å². The normalized spacial score (nSPS) is 15.3. The van der Waals surface area contributed by atoms with Crippen molar-refractivity contribution >= 4 is 37.4 Å². The highest BCUT2D eigenvalue weighted by Crippen LogP contribution is 2.40. The van der Waals surface area contributed by atoms with Gasteiger partial charge in [0.15, 0.2) is 0 Å². The lowest BCUT2D eigenvalue weighted by Crippen LogP contribution is -2.16. The molecule has 2 aromatic heterocycles. The minimum absolute atomic E-state index is 0.0589. The predicted octanol–water partition coefficient (Wildman–Crippen LogP) is 4.57. The monoisotopic (exact) mass is 436 g/mol. The second-order valence-electron chi connectivity index (χ2n) is 6.62. The Morgan fingerprint density at radius 1 is 1.38 bits per heavy atom. The molecule has 26 heavy (non-hydrogen) atoms. The molecule has 0 bridgehead atoms. The van der Waals surface area contributed by atoms with Crippen LogP contribution in [0, 0.1) is 11.7 Å². The quantitative estimate of drug-likeness (QED) is 0.614. The highest BCUT2D eigenvalue weighted by Gasteiger charge is 2.27. The number of halogens is 2. The number of nitrogens with one attached hydrogen (secondary N) is 1. The van der Waals surface area contributed by atoms with Crippen LogP contribution in [-0.2, 0) is 6.42 Å². The van der Waals surface area contributed by atoms with Gasteiger partial charge in [0, 0.05) is 16.2 Å². The third-order valence-electron chi connectivity index (χ3n) is 4.51. The van der Waals surface area contributed by atoms with E-state index in [2.05, 4.69) is 31.3 Å². The maximum atomic E-state index is 13.9. The second kappa shape index (κ2) is 7.08. The Bertz CT molecular complexity index is 994. The molecule has 4 rings (SSSR count). The molecule has 0 saturated heterocycles. The predicted molar refractivity (Wildman–Crippen MR) is 104 cm³/mol. The van der Waals surface area contributed by atoms with E-state index in [4.69, 9.17) is 0 Å². The minimum atomic E-state index is -0.272. The number of anilines is 1. The summed E-state index contributed by atoms with van der Waals surface area (Å²) in [7, 11) is 0. The van der Waals surface area contributed by atoms with Crippen molar-refractivity contribution in [2.45, 2.75) is 38.6 Å². The zero-order valence-electron chi connectivity index (χ0n) is 14.2. The number of hydrogen-bond acceptors (Lipinski definition) is 5. The van der Waals surface area contributed by atoms with Crippen LogP contribution in [0.5, 0.6) is 0 Å². The van der Waals surface area contributed by atoms with Crippen LogP contribution in [0.1, 0.15) is 43.5 Å². The molecule has 3 aromatic rings. The van der Waals surface area contributed by atoms with Crippen LogP contribution in [0.3, 0.4) is 0 Å². The number of aryl methyl sites for hydroxylation is 1. The van der Waals surface area contributed by atoms with Gasteiger partial charge in [0.05, 0.1) is 6.04 Å². The summed E-state index contributed by atoms with van der Waals surface area (Å²) in [4.78, 5) is 17.2. The van der Waals surface area contributed by atoms with Gasteiger partial charge in [-0.15, -0.1) is 5.10 Å². The first-order valence-corrected chi connectivity index (χ1v) is 10.2. The molecule has 5 nitrogen and oxygen atoms in total. The molecule has 8 heteroatoms. The Kier molecular flexibility index (Phi) is 4.79. The maximum absolute atomic E-state index is 13.9.